The van der Waals surface area contributed by atoms with Crippen LogP contribution in [0.15, 0.2) is 18.2 Å². The predicted octanol–water partition coefficient (Wildman–Crippen LogP) is 2.31. The molecule has 5 nitrogen and oxygen atoms in total. The Morgan fingerprint density at radius 3 is 2.90 bits per heavy atom. The summed E-state index contributed by atoms with van der Waals surface area (Å²) in [4.78, 5) is 8.08. The Kier molecular flexibility index (Phi) is 4.68. The van der Waals surface area contributed by atoms with E-state index in [0.717, 1.165) is 19.3 Å². The van der Waals surface area contributed by atoms with Crippen molar-refractivity contribution in [2.24, 2.45) is 0 Å². The number of halogens is 1. The molecular weight excluding hydrogens is 259 g/mol. The number of aliphatic hydroxyl groups excluding tert-OH is 1. The Labute approximate surface area is 117 Å². The molecule has 0 bridgehead atoms. The summed E-state index contributed by atoms with van der Waals surface area (Å²) in [6.45, 7) is 2.03. The highest BCUT2D eigenvalue weighted by Gasteiger charge is 2.14. The number of aromatic nitrogens is 2. The van der Waals surface area contributed by atoms with Crippen LogP contribution in [0.2, 0.25) is 0 Å². The van der Waals surface area contributed by atoms with Gasteiger partial charge in [0.15, 0.2) is 0 Å². The summed E-state index contributed by atoms with van der Waals surface area (Å²) in [5.74, 6) is 0.00992. The third-order valence-electron chi connectivity index (χ3n) is 3.16. The Morgan fingerprint density at radius 1 is 1.40 bits per heavy atom. The smallest absolute Gasteiger partial charge is 0.222 e. The monoisotopic (exact) mass is 278 g/mol. The van der Waals surface area contributed by atoms with E-state index in [-0.39, 0.29) is 18.6 Å². The summed E-state index contributed by atoms with van der Waals surface area (Å²) >= 11 is 0. The molecule has 1 heterocycles. The van der Waals surface area contributed by atoms with Crippen LogP contribution in [0.1, 0.15) is 26.2 Å². The van der Waals surface area contributed by atoms with Crippen LogP contribution < -0.4 is 11.1 Å². The van der Waals surface area contributed by atoms with E-state index < -0.39 is 5.82 Å². The normalized spacial score (nSPS) is 12.6. The van der Waals surface area contributed by atoms with Gasteiger partial charge in [0.25, 0.3) is 0 Å². The van der Waals surface area contributed by atoms with Gasteiger partial charge in [-0.2, -0.15) is 4.98 Å². The molecule has 6 heteroatoms. The minimum Gasteiger partial charge on any atom is -0.394 e. The van der Waals surface area contributed by atoms with Gasteiger partial charge >= 0.3 is 0 Å². The van der Waals surface area contributed by atoms with E-state index in [4.69, 9.17) is 5.73 Å². The number of unbranched alkanes of at least 4 members (excludes halogenated alkanes) is 1. The van der Waals surface area contributed by atoms with E-state index in [9.17, 15) is 9.50 Å². The fourth-order valence-electron chi connectivity index (χ4n) is 2.12. The van der Waals surface area contributed by atoms with Gasteiger partial charge in [-0.15, -0.1) is 0 Å². The Morgan fingerprint density at radius 2 is 2.20 bits per heavy atom. The average molecular weight is 278 g/mol. The van der Waals surface area contributed by atoms with Crippen molar-refractivity contribution in [1.82, 2.24) is 9.97 Å². The Balaban J connectivity index is 2.37. The molecule has 2 aromatic rings. The van der Waals surface area contributed by atoms with E-state index in [1.165, 1.54) is 6.07 Å². The molecule has 0 saturated heterocycles. The SMILES string of the molecule is CCCC[C@H](CO)Nc1nc(N)nc2cccc(F)c12. The highest BCUT2D eigenvalue weighted by Crippen LogP contribution is 2.25. The molecule has 0 aliphatic heterocycles. The number of nitrogen functional groups attached to an aromatic ring is 1. The average Bonchev–Trinajstić information content (AvgIpc) is 2.42. The number of hydrogen-bond acceptors (Lipinski definition) is 5. The molecule has 1 aromatic heterocycles. The van der Waals surface area contributed by atoms with Crippen molar-refractivity contribution in [3.05, 3.63) is 24.0 Å². The first-order chi connectivity index (χ1) is 9.65. The van der Waals surface area contributed by atoms with Crippen molar-refractivity contribution < 1.29 is 9.50 Å². The van der Waals surface area contributed by atoms with Crippen LogP contribution in [0, 0.1) is 5.82 Å². The molecule has 20 heavy (non-hydrogen) atoms. The Bertz CT molecular complexity index is 591. The topological polar surface area (TPSA) is 84.1 Å². The van der Waals surface area contributed by atoms with Gasteiger partial charge in [-0.1, -0.05) is 25.8 Å². The summed E-state index contributed by atoms with van der Waals surface area (Å²) in [5.41, 5.74) is 6.10. The van der Waals surface area contributed by atoms with Crippen molar-refractivity contribution in [3.63, 3.8) is 0 Å². The van der Waals surface area contributed by atoms with Gasteiger partial charge in [-0.05, 0) is 18.6 Å². The number of nitrogens with one attached hydrogen (secondary N) is 1. The van der Waals surface area contributed by atoms with Gasteiger partial charge in [0.2, 0.25) is 5.95 Å². The van der Waals surface area contributed by atoms with Gasteiger partial charge in [0, 0.05) is 0 Å². The summed E-state index contributed by atoms with van der Waals surface area (Å²) in [5, 5.41) is 12.8. The van der Waals surface area contributed by atoms with Gasteiger partial charge in [-0.3, -0.25) is 0 Å². The van der Waals surface area contributed by atoms with Crippen LogP contribution in [-0.4, -0.2) is 27.7 Å². The number of nitrogens with two attached hydrogens (primary N) is 1. The number of fused-ring (bicyclic) bond motifs is 1. The number of aliphatic hydroxyl groups is 1. The lowest BCUT2D eigenvalue weighted by Crippen LogP contribution is -2.24. The van der Waals surface area contributed by atoms with E-state index in [1.54, 1.807) is 12.1 Å². The quantitative estimate of drug-likeness (QED) is 0.755. The van der Waals surface area contributed by atoms with Crippen LogP contribution in [0.4, 0.5) is 16.2 Å². The molecule has 0 aliphatic rings. The zero-order chi connectivity index (χ0) is 14.5. The van der Waals surface area contributed by atoms with Crippen LogP contribution in [0.3, 0.4) is 0 Å². The first-order valence-corrected chi connectivity index (χ1v) is 6.74. The lowest BCUT2D eigenvalue weighted by atomic mass is 10.1. The first kappa shape index (κ1) is 14.5. The second kappa shape index (κ2) is 6.47. The molecule has 2 rings (SSSR count). The van der Waals surface area contributed by atoms with Crippen LogP contribution >= 0.6 is 0 Å². The second-order valence-corrected chi connectivity index (χ2v) is 4.73. The molecule has 0 amide bonds. The largest absolute Gasteiger partial charge is 0.394 e. The molecule has 0 unspecified atom stereocenters. The molecule has 0 aliphatic carbocycles. The number of anilines is 2. The predicted molar refractivity (Wildman–Crippen MR) is 77.9 cm³/mol. The van der Waals surface area contributed by atoms with Crippen LogP contribution in [-0.2, 0) is 0 Å². The van der Waals surface area contributed by atoms with Gasteiger partial charge < -0.3 is 16.2 Å². The third-order valence-corrected chi connectivity index (χ3v) is 3.16. The maximum Gasteiger partial charge on any atom is 0.222 e. The molecule has 0 radical (unpaired) electrons. The van der Waals surface area contributed by atoms with E-state index in [1.807, 2.05) is 0 Å². The maximum absolute atomic E-state index is 14.0. The molecule has 0 spiro atoms. The summed E-state index contributed by atoms with van der Waals surface area (Å²) in [7, 11) is 0. The van der Waals surface area contributed by atoms with Gasteiger partial charge in [0.1, 0.15) is 11.6 Å². The number of hydrogen-bond donors (Lipinski definition) is 3. The Hall–Kier alpha value is -1.95. The van der Waals surface area contributed by atoms with Crippen LogP contribution in [0.5, 0.6) is 0 Å². The molecule has 1 atom stereocenters. The number of nitrogens with zero attached hydrogens (tertiary/aromatic N) is 2. The first-order valence-electron chi connectivity index (χ1n) is 6.74. The zero-order valence-corrected chi connectivity index (χ0v) is 11.4. The summed E-state index contributed by atoms with van der Waals surface area (Å²) in [6, 6.07) is 4.44. The molecule has 108 valence electrons. The highest BCUT2D eigenvalue weighted by atomic mass is 19.1. The van der Waals surface area contributed by atoms with Crippen LogP contribution in [0.25, 0.3) is 10.9 Å². The van der Waals surface area contributed by atoms with Crippen molar-refractivity contribution in [2.75, 3.05) is 17.7 Å². The fraction of sp³-hybridized carbons (Fsp3) is 0.429. The highest BCUT2D eigenvalue weighted by molar-refractivity contribution is 5.90. The number of rotatable bonds is 6. The number of benzene rings is 1. The zero-order valence-electron chi connectivity index (χ0n) is 11.4. The molecule has 1 aromatic carbocycles. The standard InChI is InChI=1S/C14H19FN4O/c1-2-3-5-9(8-20)17-13-12-10(15)6-4-7-11(12)18-14(16)19-13/h4,6-7,9,20H,2-3,5,8H2,1H3,(H3,16,17,18,19)/t9-/m1/s1. The minimum absolute atomic E-state index is 0.0418. The summed E-state index contributed by atoms with van der Waals surface area (Å²) < 4.78 is 14.0. The lowest BCUT2D eigenvalue weighted by molar-refractivity contribution is 0.267. The third kappa shape index (κ3) is 3.14. The lowest BCUT2D eigenvalue weighted by Gasteiger charge is -2.18. The van der Waals surface area contributed by atoms with Crippen molar-refractivity contribution >= 4 is 22.7 Å². The summed E-state index contributed by atoms with van der Waals surface area (Å²) in [6.07, 6.45) is 2.78. The molecular formula is C14H19FN4O. The van der Waals surface area contributed by atoms with E-state index in [2.05, 4.69) is 22.2 Å². The minimum atomic E-state index is -0.405. The van der Waals surface area contributed by atoms with Crippen molar-refractivity contribution in [1.29, 1.82) is 0 Å². The van der Waals surface area contributed by atoms with Gasteiger partial charge in [-0.25, -0.2) is 9.37 Å². The molecule has 0 saturated carbocycles. The molecule has 0 fully saturated rings. The second-order valence-electron chi connectivity index (χ2n) is 4.73. The van der Waals surface area contributed by atoms with Crippen molar-refractivity contribution in [3.8, 4) is 0 Å². The van der Waals surface area contributed by atoms with Crippen molar-refractivity contribution in [2.45, 2.75) is 32.2 Å². The van der Waals surface area contributed by atoms with Gasteiger partial charge in [0.05, 0.1) is 23.6 Å². The van der Waals surface area contributed by atoms with E-state index >= 15 is 0 Å². The fourth-order valence-corrected chi connectivity index (χ4v) is 2.12. The maximum atomic E-state index is 14.0. The van der Waals surface area contributed by atoms with E-state index in [0.29, 0.717) is 16.7 Å². The molecule has 4 N–H and O–H groups in total.